The van der Waals surface area contributed by atoms with Crippen molar-refractivity contribution in [2.45, 2.75) is 5.92 Å². The fourth-order valence-corrected chi connectivity index (χ4v) is 4.55. The van der Waals surface area contributed by atoms with Crippen LogP contribution >= 0.6 is 22.9 Å². The largest absolute Gasteiger partial charge is 0.325 e. The molecule has 2 aromatic heterocycles. The van der Waals surface area contributed by atoms with Crippen LogP contribution in [0.1, 0.15) is 17.3 Å². The number of anilines is 1. The van der Waals surface area contributed by atoms with Crippen LogP contribution in [0.2, 0.25) is 5.02 Å². The van der Waals surface area contributed by atoms with Crippen molar-refractivity contribution in [3.05, 3.63) is 82.5 Å². The van der Waals surface area contributed by atoms with E-state index in [9.17, 15) is 4.79 Å². The SMILES string of the molecule is O=C(Nc1ccc2ccccc2c1)C(c1nn[nH]n1)c1csc2ccc(Cl)cc12. The molecule has 2 heterocycles. The molecular weight excluding hydrogens is 406 g/mol. The molecule has 0 aliphatic carbocycles. The first-order chi connectivity index (χ1) is 14.2. The molecule has 1 amide bonds. The molecule has 0 saturated heterocycles. The van der Waals surface area contributed by atoms with Gasteiger partial charge in [0.1, 0.15) is 5.92 Å². The van der Waals surface area contributed by atoms with Gasteiger partial charge in [-0.1, -0.05) is 47.1 Å². The number of fused-ring (bicyclic) bond motifs is 2. The number of benzene rings is 3. The highest BCUT2D eigenvalue weighted by Crippen LogP contribution is 2.36. The molecule has 3 aromatic carbocycles. The van der Waals surface area contributed by atoms with Crippen LogP contribution in [0.5, 0.6) is 0 Å². The van der Waals surface area contributed by atoms with Crippen molar-refractivity contribution in [2.24, 2.45) is 0 Å². The maximum Gasteiger partial charge on any atom is 0.239 e. The summed E-state index contributed by atoms with van der Waals surface area (Å²) in [5.74, 6) is -0.642. The third-order valence-corrected chi connectivity index (χ3v) is 5.99. The van der Waals surface area contributed by atoms with E-state index in [0.717, 1.165) is 26.4 Å². The van der Waals surface area contributed by atoms with E-state index in [0.29, 0.717) is 16.5 Å². The minimum absolute atomic E-state index is 0.235. The standard InChI is InChI=1S/C21H14ClN5OS/c22-14-6-8-18-16(10-14)17(11-29-18)19(20-24-26-27-25-20)21(28)23-15-7-5-12-3-1-2-4-13(12)9-15/h1-11,19H,(H,23,28)(H,24,25,26,27). The lowest BCUT2D eigenvalue weighted by Gasteiger charge is -2.14. The Kier molecular flexibility index (Phi) is 4.46. The summed E-state index contributed by atoms with van der Waals surface area (Å²) in [6.45, 7) is 0. The lowest BCUT2D eigenvalue weighted by Crippen LogP contribution is -2.23. The first-order valence-electron chi connectivity index (χ1n) is 8.89. The number of aromatic nitrogens is 4. The minimum Gasteiger partial charge on any atom is -0.325 e. The van der Waals surface area contributed by atoms with Crippen LogP contribution in [-0.2, 0) is 4.79 Å². The average molecular weight is 420 g/mol. The van der Waals surface area contributed by atoms with Crippen LogP contribution in [0.25, 0.3) is 20.9 Å². The number of nitrogens with one attached hydrogen (secondary N) is 2. The normalized spacial score (nSPS) is 12.3. The number of rotatable bonds is 4. The quantitative estimate of drug-likeness (QED) is 0.429. The third-order valence-electron chi connectivity index (χ3n) is 4.78. The highest BCUT2D eigenvalue weighted by Gasteiger charge is 2.29. The van der Waals surface area contributed by atoms with Crippen LogP contribution in [0.4, 0.5) is 5.69 Å². The molecule has 0 aliphatic rings. The molecule has 0 saturated carbocycles. The monoisotopic (exact) mass is 419 g/mol. The number of thiophene rings is 1. The summed E-state index contributed by atoms with van der Waals surface area (Å²) in [6, 6.07) is 19.5. The Morgan fingerprint density at radius 3 is 2.76 bits per heavy atom. The van der Waals surface area contributed by atoms with Gasteiger partial charge in [0.05, 0.1) is 0 Å². The molecule has 1 unspecified atom stereocenters. The predicted octanol–water partition coefficient (Wildman–Crippen LogP) is 4.99. The van der Waals surface area contributed by atoms with Crippen LogP contribution < -0.4 is 5.32 Å². The van der Waals surface area contributed by atoms with Crippen LogP contribution in [-0.4, -0.2) is 26.5 Å². The van der Waals surface area contributed by atoms with Crippen molar-refractivity contribution in [1.82, 2.24) is 20.6 Å². The van der Waals surface area contributed by atoms with E-state index < -0.39 is 5.92 Å². The molecule has 1 atom stereocenters. The number of aromatic amines is 1. The van der Waals surface area contributed by atoms with Gasteiger partial charge in [0.25, 0.3) is 0 Å². The van der Waals surface area contributed by atoms with Gasteiger partial charge in [-0.15, -0.1) is 21.5 Å². The van der Waals surface area contributed by atoms with Crippen LogP contribution in [0.15, 0.2) is 66.0 Å². The summed E-state index contributed by atoms with van der Waals surface area (Å²) in [6.07, 6.45) is 0. The molecule has 0 aliphatic heterocycles. The first kappa shape index (κ1) is 17.8. The summed E-state index contributed by atoms with van der Waals surface area (Å²) in [4.78, 5) is 13.3. The Morgan fingerprint density at radius 1 is 1.07 bits per heavy atom. The van der Waals surface area contributed by atoms with Gasteiger partial charge < -0.3 is 5.32 Å². The minimum atomic E-state index is -0.715. The Hall–Kier alpha value is -3.29. The lowest BCUT2D eigenvalue weighted by atomic mass is 9.96. The molecular formula is C21H14ClN5OS. The van der Waals surface area contributed by atoms with Gasteiger partial charge >= 0.3 is 0 Å². The first-order valence-corrected chi connectivity index (χ1v) is 10.1. The molecule has 142 valence electrons. The van der Waals surface area contributed by atoms with Crippen molar-refractivity contribution in [3.63, 3.8) is 0 Å². The van der Waals surface area contributed by atoms with Crippen molar-refractivity contribution in [2.75, 3.05) is 5.32 Å². The second-order valence-electron chi connectivity index (χ2n) is 6.59. The van der Waals surface area contributed by atoms with E-state index in [4.69, 9.17) is 11.6 Å². The number of tetrazole rings is 1. The smallest absolute Gasteiger partial charge is 0.239 e. The van der Waals surface area contributed by atoms with E-state index in [1.807, 2.05) is 66.0 Å². The Morgan fingerprint density at radius 2 is 1.93 bits per heavy atom. The fraction of sp³-hybridized carbons (Fsp3) is 0.0476. The maximum absolute atomic E-state index is 13.3. The highest BCUT2D eigenvalue weighted by atomic mass is 35.5. The second kappa shape index (κ2) is 7.27. The zero-order chi connectivity index (χ0) is 19.8. The number of hydrogen-bond donors (Lipinski definition) is 2. The van der Waals surface area contributed by atoms with Gasteiger partial charge in [-0.05, 0) is 57.4 Å². The zero-order valence-corrected chi connectivity index (χ0v) is 16.5. The predicted molar refractivity (Wildman–Crippen MR) is 115 cm³/mol. The number of halogens is 1. The van der Waals surface area contributed by atoms with Gasteiger partial charge in [-0.25, -0.2) is 0 Å². The van der Waals surface area contributed by atoms with Gasteiger partial charge in [0, 0.05) is 15.4 Å². The average Bonchev–Trinajstić information content (AvgIpc) is 3.39. The number of carbonyl (C=O) groups is 1. The molecule has 6 nitrogen and oxygen atoms in total. The Balaban J connectivity index is 1.55. The molecule has 29 heavy (non-hydrogen) atoms. The lowest BCUT2D eigenvalue weighted by molar-refractivity contribution is -0.116. The number of hydrogen-bond acceptors (Lipinski definition) is 5. The molecule has 0 radical (unpaired) electrons. The van der Waals surface area contributed by atoms with E-state index in [1.165, 1.54) is 0 Å². The molecule has 0 fully saturated rings. The van der Waals surface area contributed by atoms with E-state index in [-0.39, 0.29) is 5.91 Å². The fourth-order valence-electron chi connectivity index (χ4n) is 3.42. The summed E-state index contributed by atoms with van der Waals surface area (Å²) in [7, 11) is 0. The topological polar surface area (TPSA) is 83.6 Å². The van der Waals surface area contributed by atoms with E-state index in [1.54, 1.807) is 11.3 Å². The Bertz CT molecular complexity index is 1330. The van der Waals surface area contributed by atoms with Crippen molar-refractivity contribution in [3.8, 4) is 0 Å². The number of nitrogens with zero attached hydrogens (tertiary/aromatic N) is 3. The second-order valence-corrected chi connectivity index (χ2v) is 7.93. The molecule has 5 aromatic rings. The van der Waals surface area contributed by atoms with Gasteiger partial charge in [0.2, 0.25) is 5.91 Å². The summed E-state index contributed by atoms with van der Waals surface area (Å²) in [5, 5.41) is 22.9. The molecule has 2 N–H and O–H groups in total. The zero-order valence-electron chi connectivity index (χ0n) is 15.0. The van der Waals surface area contributed by atoms with Gasteiger partial charge in [-0.3, -0.25) is 4.79 Å². The van der Waals surface area contributed by atoms with E-state index >= 15 is 0 Å². The molecule has 0 spiro atoms. The molecule has 0 bridgehead atoms. The summed E-state index contributed by atoms with van der Waals surface area (Å²) < 4.78 is 1.04. The van der Waals surface area contributed by atoms with Crippen molar-refractivity contribution < 1.29 is 4.79 Å². The number of carbonyl (C=O) groups excluding carboxylic acids is 1. The van der Waals surface area contributed by atoms with Gasteiger partial charge in [-0.2, -0.15) is 5.21 Å². The van der Waals surface area contributed by atoms with E-state index in [2.05, 4.69) is 25.9 Å². The van der Waals surface area contributed by atoms with Crippen molar-refractivity contribution >= 4 is 55.4 Å². The molecule has 8 heteroatoms. The summed E-state index contributed by atoms with van der Waals surface area (Å²) in [5.41, 5.74) is 1.51. The maximum atomic E-state index is 13.3. The van der Waals surface area contributed by atoms with Crippen LogP contribution in [0.3, 0.4) is 0 Å². The summed E-state index contributed by atoms with van der Waals surface area (Å²) >= 11 is 7.75. The number of H-pyrrole nitrogens is 1. The highest BCUT2D eigenvalue weighted by molar-refractivity contribution is 7.17. The van der Waals surface area contributed by atoms with Crippen molar-refractivity contribution in [1.29, 1.82) is 0 Å². The third kappa shape index (κ3) is 3.35. The Labute approximate surface area is 174 Å². The number of amides is 1. The van der Waals surface area contributed by atoms with Crippen LogP contribution in [0, 0.1) is 0 Å². The van der Waals surface area contributed by atoms with Gasteiger partial charge in [0.15, 0.2) is 5.82 Å². The molecule has 5 rings (SSSR count).